The second kappa shape index (κ2) is 6.60. The summed E-state index contributed by atoms with van der Waals surface area (Å²) >= 11 is 1.72. The van der Waals surface area contributed by atoms with Gasteiger partial charge in [-0.3, -0.25) is 0 Å². The number of aromatic hydroxyl groups is 1. The summed E-state index contributed by atoms with van der Waals surface area (Å²) < 4.78 is 41.1. The van der Waals surface area contributed by atoms with Crippen molar-refractivity contribution >= 4 is 34.0 Å². The fourth-order valence-electron chi connectivity index (χ4n) is 3.02. The van der Waals surface area contributed by atoms with E-state index in [0.717, 1.165) is 29.2 Å². The van der Waals surface area contributed by atoms with Gasteiger partial charge in [-0.25, -0.2) is 0 Å². The molecule has 1 N–H and O–H groups in total. The summed E-state index contributed by atoms with van der Waals surface area (Å²) in [6.45, 7) is 1.94. The highest BCUT2D eigenvalue weighted by molar-refractivity contribution is 8.00. The molecule has 27 heavy (non-hydrogen) atoms. The Hall–Kier alpha value is -2.48. The Morgan fingerprint density at radius 1 is 1.07 bits per heavy atom. The highest BCUT2D eigenvalue weighted by atomic mass is 32.2. The summed E-state index contributed by atoms with van der Waals surface area (Å²) in [5, 5.41) is 19.1. The topological polar surface area (TPSA) is 49.9 Å². The molecular weight excluding hydrogens is 375 g/mol. The SMILES string of the molecule is Cc1ccc(N=Nc2c(O)n(C3CSC3)c3ccc(C(F)(F)F)cc23)cc1. The summed E-state index contributed by atoms with van der Waals surface area (Å²) in [7, 11) is 0. The molecule has 0 unspecified atom stereocenters. The number of azo groups is 1. The van der Waals surface area contributed by atoms with Crippen LogP contribution >= 0.6 is 11.8 Å². The molecule has 0 saturated carbocycles. The van der Waals surface area contributed by atoms with E-state index in [9.17, 15) is 18.3 Å². The molecule has 0 aliphatic carbocycles. The van der Waals surface area contributed by atoms with Crippen molar-refractivity contribution in [2.24, 2.45) is 10.2 Å². The number of hydrogen-bond acceptors (Lipinski definition) is 4. The van der Waals surface area contributed by atoms with Gasteiger partial charge in [0.2, 0.25) is 5.88 Å². The predicted octanol–water partition coefficient (Wildman–Crippen LogP) is 6.38. The third-order valence-electron chi connectivity index (χ3n) is 4.56. The van der Waals surface area contributed by atoms with Crippen molar-refractivity contribution in [3.63, 3.8) is 0 Å². The van der Waals surface area contributed by atoms with Gasteiger partial charge in [0.1, 0.15) is 0 Å². The average Bonchev–Trinajstić information content (AvgIpc) is 2.84. The van der Waals surface area contributed by atoms with E-state index in [1.54, 1.807) is 28.5 Å². The first-order valence-electron chi connectivity index (χ1n) is 8.35. The number of aryl methyl sites for hydroxylation is 1. The molecule has 1 aliphatic heterocycles. The lowest BCUT2D eigenvalue weighted by Gasteiger charge is -2.27. The molecule has 0 atom stereocenters. The second-order valence-electron chi connectivity index (χ2n) is 6.50. The fourth-order valence-corrected chi connectivity index (χ4v) is 3.77. The maximum atomic E-state index is 13.2. The molecule has 1 aliphatic rings. The third kappa shape index (κ3) is 3.29. The quantitative estimate of drug-likeness (QED) is 0.527. The Morgan fingerprint density at radius 3 is 2.37 bits per heavy atom. The Morgan fingerprint density at radius 2 is 1.78 bits per heavy atom. The molecule has 2 heterocycles. The number of halogens is 3. The number of aromatic nitrogens is 1. The van der Waals surface area contributed by atoms with Gasteiger partial charge in [-0.2, -0.15) is 30.0 Å². The lowest BCUT2D eigenvalue weighted by atomic mass is 10.1. The molecule has 2 aromatic carbocycles. The van der Waals surface area contributed by atoms with Crippen LogP contribution in [0, 0.1) is 6.92 Å². The molecule has 0 amide bonds. The Kier molecular flexibility index (Phi) is 4.38. The van der Waals surface area contributed by atoms with Gasteiger partial charge in [-0.1, -0.05) is 17.7 Å². The summed E-state index contributed by atoms with van der Waals surface area (Å²) in [6, 6.07) is 10.8. The maximum absolute atomic E-state index is 13.2. The van der Waals surface area contributed by atoms with E-state index in [1.807, 2.05) is 19.1 Å². The zero-order valence-electron chi connectivity index (χ0n) is 14.4. The van der Waals surface area contributed by atoms with E-state index in [1.165, 1.54) is 6.07 Å². The van der Waals surface area contributed by atoms with Crippen LogP contribution in [0.3, 0.4) is 0 Å². The predicted molar refractivity (Wildman–Crippen MR) is 100 cm³/mol. The number of nitrogens with zero attached hydrogens (tertiary/aromatic N) is 3. The molecule has 140 valence electrons. The van der Waals surface area contributed by atoms with E-state index in [4.69, 9.17) is 0 Å². The lowest BCUT2D eigenvalue weighted by Crippen LogP contribution is -2.22. The van der Waals surface area contributed by atoms with Gasteiger partial charge < -0.3 is 9.67 Å². The van der Waals surface area contributed by atoms with E-state index < -0.39 is 11.7 Å². The molecule has 0 bridgehead atoms. The molecule has 4 rings (SSSR count). The van der Waals surface area contributed by atoms with Crippen LogP contribution in [0.2, 0.25) is 0 Å². The molecule has 0 spiro atoms. The smallest absolute Gasteiger partial charge is 0.416 e. The minimum Gasteiger partial charge on any atom is -0.493 e. The largest absolute Gasteiger partial charge is 0.493 e. The van der Waals surface area contributed by atoms with Crippen molar-refractivity contribution in [3.05, 3.63) is 53.6 Å². The van der Waals surface area contributed by atoms with Crippen LogP contribution in [0.25, 0.3) is 10.9 Å². The van der Waals surface area contributed by atoms with Gasteiger partial charge in [0.05, 0.1) is 22.8 Å². The molecule has 1 aromatic heterocycles. The van der Waals surface area contributed by atoms with E-state index in [-0.39, 0.29) is 23.0 Å². The highest BCUT2D eigenvalue weighted by Gasteiger charge is 2.33. The van der Waals surface area contributed by atoms with E-state index >= 15 is 0 Å². The van der Waals surface area contributed by atoms with Crippen LogP contribution in [0.15, 0.2) is 52.7 Å². The summed E-state index contributed by atoms with van der Waals surface area (Å²) in [4.78, 5) is 0. The minimum absolute atomic E-state index is 0.0394. The van der Waals surface area contributed by atoms with Crippen LogP contribution in [0.5, 0.6) is 5.88 Å². The van der Waals surface area contributed by atoms with Crippen molar-refractivity contribution in [1.29, 1.82) is 0 Å². The first kappa shape index (κ1) is 17.9. The molecule has 8 heteroatoms. The van der Waals surface area contributed by atoms with Crippen molar-refractivity contribution in [2.45, 2.75) is 19.1 Å². The maximum Gasteiger partial charge on any atom is 0.416 e. The monoisotopic (exact) mass is 391 g/mol. The molecule has 4 nitrogen and oxygen atoms in total. The molecule has 0 radical (unpaired) electrons. The van der Waals surface area contributed by atoms with Gasteiger partial charge in [-0.05, 0) is 37.3 Å². The van der Waals surface area contributed by atoms with Crippen LogP contribution in [-0.2, 0) is 6.18 Å². The number of fused-ring (bicyclic) bond motifs is 1. The van der Waals surface area contributed by atoms with Crippen LogP contribution in [0.1, 0.15) is 17.2 Å². The zero-order valence-corrected chi connectivity index (χ0v) is 15.2. The van der Waals surface area contributed by atoms with Gasteiger partial charge >= 0.3 is 6.18 Å². The Labute approximate surface area is 157 Å². The van der Waals surface area contributed by atoms with E-state index in [2.05, 4.69) is 10.2 Å². The fraction of sp³-hybridized carbons (Fsp3) is 0.263. The Balaban J connectivity index is 1.86. The van der Waals surface area contributed by atoms with Crippen LogP contribution in [-0.4, -0.2) is 21.2 Å². The summed E-state index contributed by atoms with van der Waals surface area (Å²) in [5.41, 5.74) is 1.44. The number of thioether (sulfide) groups is 1. The average molecular weight is 391 g/mol. The van der Waals surface area contributed by atoms with Crippen LogP contribution < -0.4 is 0 Å². The van der Waals surface area contributed by atoms with Gasteiger partial charge in [0.15, 0.2) is 5.69 Å². The molecule has 1 saturated heterocycles. The zero-order chi connectivity index (χ0) is 19.2. The normalized spacial score (nSPS) is 15.6. The third-order valence-corrected chi connectivity index (χ3v) is 5.80. The Bertz CT molecular complexity index is 1020. The van der Waals surface area contributed by atoms with Gasteiger partial charge in [0.25, 0.3) is 0 Å². The minimum atomic E-state index is -4.47. The number of hydrogen-bond donors (Lipinski definition) is 1. The lowest BCUT2D eigenvalue weighted by molar-refractivity contribution is -0.137. The van der Waals surface area contributed by atoms with Crippen molar-refractivity contribution < 1.29 is 18.3 Å². The summed E-state index contributed by atoms with van der Waals surface area (Å²) in [6.07, 6.45) is -4.47. The van der Waals surface area contributed by atoms with Gasteiger partial charge in [-0.15, -0.1) is 5.11 Å². The van der Waals surface area contributed by atoms with Crippen molar-refractivity contribution in [3.8, 4) is 5.88 Å². The van der Waals surface area contributed by atoms with E-state index in [0.29, 0.717) is 11.2 Å². The van der Waals surface area contributed by atoms with Crippen molar-refractivity contribution in [2.75, 3.05) is 11.5 Å². The standard InChI is InChI=1S/C19H16F3N3OS/c1-11-2-5-13(6-3-11)23-24-17-15-8-12(19(20,21)22)4-7-16(15)25(18(17)26)14-9-27-10-14/h2-8,14,26H,9-10H2,1H3. The van der Waals surface area contributed by atoms with Crippen molar-refractivity contribution in [1.82, 2.24) is 4.57 Å². The molecule has 1 fully saturated rings. The van der Waals surface area contributed by atoms with Gasteiger partial charge in [0, 0.05) is 16.9 Å². The number of alkyl halides is 3. The first-order chi connectivity index (χ1) is 12.8. The highest BCUT2D eigenvalue weighted by Crippen LogP contribution is 2.46. The molecular formula is C19H16F3N3OS. The summed E-state index contributed by atoms with van der Waals surface area (Å²) in [5.74, 6) is 1.45. The number of rotatable bonds is 3. The van der Waals surface area contributed by atoms with Crippen LogP contribution in [0.4, 0.5) is 24.5 Å². The molecule has 3 aromatic rings. The first-order valence-corrected chi connectivity index (χ1v) is 9.50. The number of benzene rings is 2. The second-order valence-corrected chi connectivity index (χ2v) is 7.57.